The molecule has 1 aromatic carbocycles. The number of benzene rings is 1. The maximum Gasteiger partial charge on any atom is 0.119 e. The molecule has 0 saturated carbocycles. The van der Waals surface area contributed by atoms with Gasteiger partial charge in [-0.05, 0) is 18.7 Å². The van der Waals surface area contributed by atoms with Crippen LogP contribution in [0.5, 0.6) is 5.75 Å². The molecule has 3 nitrogen and oxygen atoms in total. The predicted molar refractivity (Wildman–Crippen MR) is 63.4 cm³/mol. The van der Waals surface area contributed by atoms with E-state index in [2.05, 4.69) is 17.6 Å². The van der Waals surface area contributed by atoms with Gasteiger partial charge in [0.1, 0.15) is 12.4 Å². The van der Waals surface area contributed by atoms with Crippen LogP contribution in [-0.2, 0) is 0 Å². The van der Waals surface area contributed by atoms with Gasteiger partial charge in [0.2, 0.25) is 0 Å². The normalized spacial score (nSPS) is 10.2. The van der Waals surface area contributed by atoms with Crippen molar-refractivity contribution in [3.8, 4) is 5.75 Å². The molecular weight excluding hydrogens is 188 g/mol. The zero-order valence-electron chi connectivity index (χ0n) is 9.33. The molecule has 0 heterocycles. The zero-order valence-corrected chi connectivity index (χ0v) is 9.33. The summed E-state index contributed by atoms with van der Waals surface area (Å²) in [5.74, 6) is 0.936. The smallest absolute Gasteiger partial charge is 0.119 e. The summed E-state index contributed by atoms with van der Waals surface area (Å²) in [5.41, 5.74) is 0. The summed E-state index contributed by atoms with van der Waals surface area (Å²) in [6.07, 6.45) is 0. The van der Waals surface area contributed by atoms with E-state index in [1.54, 1.807) is 0 Å². The second-order valence-electron chi connectivity index (χ2n) is 3.27. The molecule has 0 aliphatic carbocycles. The summed E-state index contributed by atoms with van der Waals surface area (Å²) in [7, 11) is 0. The quantitative estimate of drug-likeness (QED) is 0.631. The Labute approximate surface area is 91.8 Å². The second-order valence-corrected chi connectivity index (χ2v) is 3.27. The molecule has 3 heteroatoms. The summed E-state index contributed by atoms with van der Waals surface area (Å²) in [4.78, 5) is 0. The highest BCUT2D eigenvalue weighted by Gasteiger charge is 1.90. The number of likely N-dealkylation sites (N-methyl/N-ethyl adjacent to an activating group) is 1. The Morgan fingerprint density at radius 1 is 1.00 bits per heavy atom. The number of para-hydroxylation sites is 1. The van der Waals surface area contributed by atoms with Crippen LogP contribution in [0.4, 0.5) is 0 Å². The molecule has 0 bridgehead atoms. The lowest BCUT2D eigenvalue weighted by molar-refractivity contribution is 0.314. The van der Waals surface area contributed by atoms with E-state index in [-0.39, 0.29) is 0 Å². The van der Waals surface area contributed by atoms with Gasteiger partial charge in [0.05, 0.1) is 0 Å². The molecular formula is C12H20N2O. The van der Waals surface area contributed by atoms with Crippen molar-refractivity contribution < 1.29 is 4.74 Å². The van der Waals surface area contributed by atoms with Crippen LogP contribution in [0.3, 0.4) is 0 Å². The minimum absolute atomic E-state index is 0.718. The molecule has 0 aromatic heterocycles. The van der Waals surface area contributed by atoms with Crippen LogP contribution >= 0.6 is 0 Å². The highest BCUT2D eigenvalue weighted by atomic mass is 16.5. The van der Waals surface area contributed by atoms with Gasteiger partial charge in [-0.3, -0.25) is 0 Å². The Kier molecular flexibility index (Phi) is 6.62. The summed E-state index contributed by atoms with van der Waals surface area (Å²) in [6.45, 7) is 6.75. The van der Waals surface area contributed by atoms with E-state index in [1.807, 2.05) is 30.3 Å². The number of rotatable bonds is 8. The van der Waals surface area contributed by atoms with E-state index >= 15 is 0 Å². The van der Waals surface area contributed by atoms with Gasteiger partial charge in [0, 0.05) is 19.6 Å². The monoisotopic (exact) mass is 208 g/mol. The summed E-state index contributed by atoms with van der Waals surface area (Å²) < 4.78 is 5.53. The van der Waals surface area contributed by atoms with Crippen LogP contribution in [0.1, 0.15) is 6.92 Å². The molecule has 0 spiro atoms. The number of nitrogens with one attached hydrogen (secondary N) is 2. The van der Waals surface area contributed by atoms with Crippen LogP contribution in [0.25, 0.3) is 0 Å². The van der Waals surface area contributed by atoms with Crippen molar-refractivity contribution in [1.29, 1.82) is 0 Å². The number of hydrogen-bond acceptors (Lipinski definition) is 3. The maximum atomic E-state index is 5.53. The molecule has 84 valence electrons. The molecule has 0 amide bonds. The first-order valence-corrected chi connectivity index (χ1v) is 5.52. The third kappa shape index (κ3) is 6.10. The highest BCUT2D eigenvalue weighted by molar-refractivity contribution is 5.20. The molecule has 0 unspecified atom stereocenters. The van der Waals surface area contributed by atoms with Gasteiger partial charge >= 0.3 is 0 Å². The van der Waals surface area contributed by atoms with E-state index in [9.17, 15) is 0 Å². The van der Waals surface area contributed by atoms with Crippen molar-refractivity contribution in [3.05, 3.63) is 30.3 Å². The fourth-order valence-corrected chi connectivity index (χ4v) is 1.24. The molecule has 15 heavy (non-hydrogen) atoms. The molecule has 0 saturated heterocycles. The van der Waals surface area contributed by atoms with Gasteiger partial charge < -0.3 is 15.4 Å². The summed E-state index contributed by atoms with van der Waals surface area (Å²) >= 11 is 0. The van der Waals surface area contributed by atoms with Crippen molar-refractivity contribution in [3.63, 3.8) is 0 Å². The van der Waals surface area contributed by atoms with Crippen LogP contribution < -0.4 is 15.4 Å². The van der Waals surface area contributed by atoms with Crippen molar-refractivity contribution >= 4 is 0 Å². The van der Waals surface area contributed by atoms with Gasteiger partial charge in [-0.1, -0.05) is 25.1 Å². The fourth-order valence-electron chi connectivity index (χ4n) is 1.24. The van der Waals surface area contributed by atoms with Gasteiger partial charge in [-0.2, -0.15) is 0 Å². The molecule has 0 aliphatic heterocycles. The minimum Gasteiger partial charge on any atom is -0.492 e. The Balaban J connectivity index is 1.93. The Morgan fingerprint density at radius 3 is 2.47 bits per heavy atom. The lowest BCUT2D eigenvalue weighted by atomic mass is 10.3. The van der Waals surface area contributed by atoms with Gasteiger partial charge in [0.15, 0.2) is 0 Å². The van der Waals surface area contributed by atoms with Gasteiger partial charge in [-0.25, -0.2) is 0 Å². The van der Waals surface area contributed by atoms with E-state index in [4.69, 9.17) is 4.74 Å². The molecule has 1 rings (SSSR count). The minimum atomic E-state index is 0.718. The van der Waals surface area contributed by atoms with Crippen molar-refractivity contribution in [2.24, 2.45) is 0 Å². The van der Waals surface area contributed by atoms with E-state index in [1.165, 1.54) is 0 Å². The molecule has 0 radical (unpaired) electrons. The standard InChI is InChI=1S/C12H20N2O/c1-2-13-8-9-14-10-11-15-12-6-4-3-5-7-12/h3-7,13-14H,2,8-11H2,1H3. The lowest BCUT2D eigenvalue weighted by Crippen LogP contribution is -2.29. The zero-order chi connectivity index (χ0) is 10.8. The first kappa shape index (κ1) is 12.0. The van der Waals surface area contributed by atoms with Gasteiger partial charge in [0.25, 0.3) is 0 Å². The van der Waals surface area contributed by atoms with E-state index in [0.29, 0.717) is 0 Å². The second kappa shape index (κ2) is 8.26. The van der Waals surface area contributed by atoms with Crippen LogP contribution in [0.15, 0.2) is 30.3 Å². The van der Waals surface area contributed by atoms with Crippen molar-refractivity contribution in [2.75, 3.05) is 32.8 Å². The molecule has 0 aliphatic rings. The fraction of sp³-hybridized carbons (Fsp3) is 0.500. The first-order valence-electron chi connectivity index (χ1n) is 5.52. The Hall–Kier alpha value is -1.06. The largest absolute Gasteiger partial charge is 0.492 e. The molecule has 2 N–H and O–H groups in total. The summed E-state index contributed by atoms with van der Waals surface area (Å²) in [5, 5.41) is 6.56. The predicted octanol–water partition coefficient (Wildman–Crippen LogP) is 1.26. The summed E-state index contributed by atoms with van der Waals surface area (Å²) in [6, 6.07) is 9.89. The maximum absolute atomic E-state index is 5.53. The molecule has 1 aromatic rings. The van der Waals surface area contributed by atoms with Crippen LogP contribution in [0, 0.1) is 0 Å². The average Bonchev–Trinajstić information content (AvgIpc) is 2.29. The Morgan fingerprint density at radius 2 is 1.73 bits per heavy atom. The van der Waals surface area contributed by atoms with E-state index in [0.717, 1.165) is 38.5 Å². The van der Waals surface area contributed by atoms with Crippen molar-refractivity contribution in [2.45, 2.75) is 6.92 Å². The lowest BCUT2D eigenvalue weighted by Gasteiger charge is -2.07. The Bertz CT molecular complexity index is 239. The first-order chi connectivity index (χ1) is 7.43. The molecule has 0 fully saturated rings. The third-order valence-corrected chi connectivity index (χ3v) is 2.02. The van der Waals surface area contributed by atoms with Crippen LogP contribution in [-0.4, -0.2) is 32.8 Å². The van der Waals surface area contributed by atoms with Crippen molar-refractivity contribution in [1.82, 2.24) is 10.6 Å². The SMILES string of the molecule is CCNCCNCCOc1ccccc1. The average molecular weight is 208 g/mol. The third-order valence-electron chi connectivity index (χ3n) is 2.02. The molecule has 0 atom stereocenters. The number of hydrogen-bond donors (Lipinski definition) is 2. The van der Waals surface area contributed by atoms with Crippen LogP contribution in [0.2, 0.25) is 0 Å². The highest BCUT2D eigenvalue weighted by Crippen LogP contribution is 2.07. The van der Waals surface area contributed by atoms with Gasteiger partial charge in [-0.15, -0.1) is 0 Å². The topological polar surface area (TPSA) is 33.3 Å². The number of ether oxygens (including phenoxy) is 1. The van der Waals surface area contributed by atoms with E-state index < -0.39 is 0 Å².